The lowest BCUT2D eigenvalue weighted by atomic mass is 9.59. The topological polar surface area (TPSA) is 30.1 Å². The van der Waals surface area contributed by atoms with Gasteiger partial charge < -0.3 is 14.3 Å². The Bertz CT molecular complexity index is 3850. The standard InChI is InChI=1S/C61H51BN2OS/c1-59(2,3)36-18-21-38(22-19-36)63-50-32-54-46(45-28-37(60(4,5)6)20-25-53(45)65-54)29-43(50)40-23-24-41-44-30-48-42(39-16-12-13-17-47(39)61(48,7)8)31-51(44)64-52-33-56-35(26-49(52)62-57(40)58(41)64)27-55(66-56)34-14-10-9-11-15-34/h9-33,62-63H,1-8H3. The number of thiophene rings is 1. The van der Waals surface area contributed by atoms with Gasteiger partial charge in [-0.05, 0) is 121 Å². The van der Waals surface area contributed by atoms with Gasteiger partial charge in [-0.15, -0.1) is 11.3 Å². The van der Waals surface area contributed by atoms with Crippen molar-refractivity contribution in [3.63, 3.8) is 0 Å². The van der Waals surface area contributed by atoms with Gasteiger partial charge in [0.2, 0.25) is 0 Å². The summed E-state index contributed by atoms with van der Waals surface area (Å²) in [6.07, 6.45) is 0. The normalized spacial score (nSPS) is 14.0. The Kier molecular flexibility index (Phi) is 8.16. The Morgan fingerprint density at radius 3 is 2.11 bits per heavy atom. The van der Waals surface area contributed by atoms with Crippen LogP contribution in [-0.2, 0) is 16.2 Å². The smallest absolute Gasteiger partial charge is 0.198 e. The lowest BCUT2D eigenvalue weighted by Gasteiger charge is -2.24. The molecular weight excluding hydrogens is 820 g/mol. The molecule has 0 fully saturated rings. The van der Waals surface area contributed by atoms with Crippen molar-refractivity contribution in [2.75, 3.05) is 5.32 Å². The predicted molar refractivity (Wildman–Crippen MR) is 285 cm³/mol. The second-order valence-electron chi connectivity index (χ2n) is 21.5. The second kappa shape index (κ2) is 13.6. The van der Waals surface area contributed by atoms with Crippen molar-refractivity contribution >= 4 is 94.7 Å². The minimum Gasteiger partial charge on any atom is -0.456 e. The number of benzene rings is 8. The average molecular weight is 871 g/mol. The van der Waals surface area contributed by atoms with E-state index in [2.05, 4.69) is 217 Å². The fourth-order valence-corrected chi connectivity index (χ4v) is 12.4. The summed E-state index contributed by atoms with van der Waals surface area (Å²) in [7, 11) is 0.816. The summed E-state index contributed by atoms with van der Waals surface area (Å²) in [6.45, 7) is 18.4. The first-order valence-corrected chi connectivity index (χ1v) is 24.3. The summed E-state index contributed by atoms with van der Waals surface area (Å²) in [4.78, 5) is 1.30. The van der Waals surface area contributed by atoms with Gasteiger partial charge in [0.15, 0.2) is 7.28 Å². The van der Waals surface area contributed by atoms with E-state index in [1.54, 1.807) is 0 Å². The van der Waals surface area contributed by atoms with Crippen molar-refractivity contribution in [1.82, 2.24) is 4.57 Å². The molecule has 2 aliphatic rings. The summed E-state index contributed by atoms with van der Waals surface area (Å²) in [5.74, 6) is 0. The molecule has 0 amide bonds. The molecule has 0 radical (unpaired) electrons. The van der Waals surface area contributed by atoms with E-state index in [0.29, 0.717) is 0 Å². The highest BCUT2D eigenvalue weighted by molar-refractivity contribution is 7.22. The Morgan fingerprint density at radius 2 is 1.32 bits per heavy atom. The fraction of sp³-hybridized carbons (Fsp3) is 0.180. The third kappa shape index (κ3) is 5.82. The largest absolute Gasteiger partial charge is 0.456 e. The molecule has 8 aromatic carbocycles. The molecule has 66 heavy (non-hydrogen) atoms. The first-order chi connectivity index (χ1) is 31.7. The van der Waals surface area contributed by atoms with E-state index < -0.39 is 0 Å². The molecule has 0 unspecified atom stereocenters. The number of aromatic nitrogens is 1. The number of nitrogens with zero attached hydrogens (tertiary/aromatic N) is 1. The van der Waals surface area contributed by atoms with E-state index in [0.717, 1.165) is 40.6 Å². The molecule has 0 spiro atoms. The van der Waals surface area contributed by atoms with Gasteiger partial charge in [-0.3, -0.25) is 0 Å². The molecule has 4 heterocycles. The number of hydrogen-bond donors (Lipinski definition) is 1. The molecular formula is C61H51BN2OS. The number of rotatable bonds is 4. The number of hydrogen-bond acceptors (Lipinski definition) is 3. The van der Waals surface area contributed by atoms with Crippen LogP contribution in [0.15, 0.2) is 156 Å². The lowest BCUT2D eigenvalue weighted by molar-refractivity contribution is 0.590. The number of anilines is 2. The third-order valence-electron chi connectivity index (χ3n) is 14.9. The van der Waals surface area contributed by atoms with Crippen LogP contribution in [0.4, 0.5) is 11.4 Å². The molecule has 1 aliphatic carbocycles. The van der Waals surface area contributed by atoms with Gasteiger partial charge in [-0.25, -0.2) is 0 Å². The van der Waals surface area contributed by atoms with Crippen molar-refractivity contribution in [3.8, 4) is 38.4 Å². The van der Waals surface area contributed by atoms with Crippen LogP contribution < -0.4 is 16.2 Å². The summed E-state index contributed by atoms with van der Waals surface area (Å²) < 4.78 is 10.6. The van der Waals surface area contributed by atoms with E-state index in [-0.39, 0.29) is 16.2 Å². The Balaban J connectivity index is 1.09. The Morgan fingerprint density at radius 1 is 0.576 bits per heavy atom. The number of furan rings is 1. The molecule has 0 saturated carbocycles. The van der Waals surface area contributed by atoms with Crippen LogP contribution in [0, 0.1) is 0 Å². The van der Waals surface area contributed by atoms with Crippen LogP contribution in [0.25, 0.3) is 92.2 Å². The van der Waals surface area contributed by atoms with Crippen LogP contribution in [0.3, 0.4) is 0 Å². The van der Waals surface area contributed by atoms with Crippen molar-refractivity contribution in [3.05, 3.63) is 174 Å². The molecule has 1 N–H and O–H groups in total. The fourth-order valence-electron chi connectivity index (χ4n) is 11.3. The lowest BCUT2D eigenvalue weighted by Crippen LogP contribution is -2.37. The monoisotopic (exact) mass is 870 g/mol. The van der Waals surface area contributed by atoms with E-state index in [1.165, 1.54) is 103 Å². The quantitative estimate of drug-likeness (QED) is 0.179. The molecule has 1 aliphatic heterocycles. The molecule has 0 bridgehead atoms. The summed E-state index contributed by atoms with van der Waals surface area (Å²) in [6, 6.07) is 57.4. The highest BCUT2D eigenvalue weighted by Crippen LogP contribution is 2.52. The molecule has 5 heteroatoms. The van der Waals surface area contributed by atoms with Crippen molar-refractivity contribution in [2.45, 2.75) is 71.6 Å². The first-order valence-electron chi connectivity index (χ1n) is 23.4. The number of fused-ring (bicyclic) bond motifs is 12. The van der Waals surface area contributed by atoms with Gasteiger partial charge in [0.1, 0.15) is 11.2 Å². The van der Waals surface area contributed by atoms with E-state index in [4.69, 9.17) is 4.42 Å². The third-order valence-corrected chi connectivity index (χ3v) is 16.1. The highest BCUT2D eigenvalue weighted by Gasteiger charge is 2.37. The molecule has 3 aromatic heterocycles. The van der Waals surface area contributed by atoms with Crippen molar-refractivity contribution < 1.29 is 4.42 Å². The van der Waals surface area contributed by atoms with Gasteiger partial charge in [-0.2, -0.15) is 0 Å². The molecule has 3 nitrogen and oxygen atoms in total. The van der Waals surface area contributed by atoms with Crippen LogP contribution in [0.5, 0.6) is 0 Å². The van der Waals surface area contributed by atoms with Gasteiger partial charge in [0.25, 0.3) is 0 Å². The highest BCUT2D eigenvalue weighted by atomic mass is 32.1. The van der Waals surface area contributed by atoms with Crippen molar-refractivity contribution in [1.29, 1.82) is 0 Å². The van der Waals surface area contributed by atoms with Gasteiger partial charge in [0.05, 0.1) is 11.2 Å². The molecule has 11 aromatic rings. The van der Waals surface area contributed by atoms with Gasteiger partial charge in [0, 0.05) is 65.1 Å². The maximum atomic E-state index is 6.71. The van der Waals surface area contributed by atoms with E-state index >= 15 is 0 Å². The maximum Gasteiger partial charge on any atom is 0.198 e. The van der Waals surface area contributed by atoms with Crippen molar-refractivity contribution in [2.24, 2.45) is 0 Å². The SMILES string of the molecule is CC(C)(C)c1ccc(Nc2cc3oc4ccc(C(C)(C)C)cc4c3cc2-c2ccc3c4cc5c(cc4n4c3c2Bc2cc3cc(-c6ccccc6)sc3cc2-4)-c2ccccc2C5(C)C)cc1. The van der Waals surface area contributed by atoms with Crippen LogP contribution >= 0.6 is 11.3 Å². The van der Waals surface area contributed by atoms with E-state index in [1.807, 2.05) is 11.3 Å². The van der Waals surface area contributed by atoms with Gasteiger partial charge >= 0.3 is 0 Å². The molecule has 0 saturated heterocycles. The molecule has 320 valence electrons. The summed E-state index contributed by atoms with van der Waals surface area (Å²) in [5.41, 5.74) is 22.1. The molecule has 0 atom stereocenters. The minimum absolute atomic E-state index is 0.00453. The van der Waals surface area contributed by atoms with Gasteiger partial charge in [-0.1, -0.05) is 152 Å². The summed E-state index contributed by atoms with van der Waals surface area (Å²) >= 11 is 1.89. The average Bonchev–Trinajstić information content (AvgIpc) is 4.03. The van der Waals surface area contributed by atoms with Crippen LogP contribution in [-0.4, -0.2) is 11.8 Å². The summed E-state index contributed by atoms with van der Waals surface area (Å²) in [5, 5.41) is 10.1. The van der Waals surface area contributed by atoms with E-state index in [9.17, 15) is 0 Å². The zero-order valence-electron chi connectivity index (χ0n) is 38.9. The number of nitrogens with one attached hydrogen (secondary N) is 1. The second-order valence-corrected chi connectivity index (χ2v) is 22.6. The minimum atomic E-state index is -0.104. The maximum absolute atomic E-state index is 6.71. The van der Waals surface area contributed by atoms with Crippen LogP contribution in [0.2, 0.25) is 0 Å². The Hall–Kier alpha value is -6.82. The molecule has 13 rings (SSSR count). The van der Waals surface area contributed by atoms with Crippen LogP contribution in [0.1, 0.15) is 77.6 Å². The Labute approximate surface area is 391 Å². The zero-order valence-corrected chi connectivity index (χ0v) is 39.7. The predicted octanol–water partition coefficient (Wildman–Crippen LogP) is 15.6. The zero-order chi connectivity index (χ0) is 45.0. The first kappa shape index (κ1) is 39.5.